The molecule has 6 heteroatoms. The van der Waals surface area contributed by atoms with Crippen molar-refractivity contribution >= 4 is 18.0 Å². The second-order valence-corrected chi connectivity index (χ2v) is 2.44. The van der Waals surface area contributed by atoms with Crippen LogP contribution >= 0.6 is 0 Å². The highest BCUT2D eigenvalue weighted by molar-refractivity contribution is 5.98. The van der Waals surface area contributed by atoms with E-state index in [4.69, 9.17) is 10.2 Å². The molecule has 12 heavy (non-hydrogen) atoms. The van der Waals surface area contributed by atoms with Crippen molar-refractivity contribution in [2.75, 3.05) is 0 Å². The van der Waals surface area contributed by atoms with E-state index < -0.39 is 24.0 Å². The van der Waals surface area contributed by atoms with Gasteiger partial charge < -0.3 is 10.2 Å². The first kappa shape index (κ1) is 8.51. The average molecular weight is 173 g/mol. The lowest BCUT2D eigenvalue weighted by Gasteiger charge is -2.14. The zero-order valence-corrected chi connectivity index (χ0v) is 6.06. The third-order valence-corrected chi connectivity index (χ3v) is 1.70. The summed E-state index contributed by atoms with van der Waals surface area (Å²) in [7, 11) is 0. The number of aliphatic carboxylic acids is 1. The molecule has 0 radical (unpaired) electrons. The molecule has 66 valence electrons. The van der Waals surface area contributed by atoms with E-state index in [2.05, 4.69) is 0 Å². The molecule has 0 bridgehead atoms. The van der Waals surface area contributed by atoms with Crippen molar-refractivity contribution < 1.29 is 24.6 Å². The minimum atomic E-state index is -1.50. The van der Waals surface area contributed by atoms with Gasteiger partial charge in [0.1, 0.15) is 6.04 Å². The quantitative estimate of drug-likeness (QED) is 0.569. The summed E-state index contributed by atoms with van der Waals surface area (Å²) in [6, 6.07) is -1.20. The van der Waals surface area contributed by atoms with Crippen LogP contribution in [0.5, 0.6) is 0 Å². The van der Waals surface area contributed by atoms with Crippen molar-refractivity contribution in [3.8, 4) is 0 Å². The van der Waals surface area contributed by atoms with Gasteiger partial charge in [0.15, 0.2) is 0 Å². The van der Waals surface area contributed by atoms with Crippen molar-refractivity contribution in [2.45, 2.75) is 18.9 Å². The van der Waals surface area contributed by atoms with Crippen LogP contribution in [-0.2, 0) is 9.59 Å². The van der Waals surface area contributed by atoms with Crippen LogP contribution in [-0.4, -0.2) is 39.1 Å². The van der Waals surface area contributed by atoms with E-state index >= 15 is 0 Å². The van der Waals surface area contributed by atoms with E-state index in [1.807, 2.05) is 0 Å². The molecule has 2 amide bonds. The summed E-state index contributed by atoms with van der Waals surface area (Å²) >= 11 is 0. The summed E-state index contributed by atoms with van der Waals surface area (Å²) in [5, 5.41) is 16.9. The van der Waals surface area contributed by atoms with Gasteiger partial charge in [-0.05, 0) is 6.42 Å². The van der Waals surface area contributed by atoms with E-state index in [1.165, 1.54) is 0 Å². The number of nitrogens with zero attached hydrogens (tertiary/aromatic N) is 1. The third kappa shape index (κ3) is 1.23. The summed E-state index contributed by atoms with van der Waals surface area (Å²) in [4.78, 5) is 31.9. The van der Waals surface area contributed by atoms with E-state index in [0.29, 0.717) is 4.90 Å². The maximum absolute atomic E-state index is 10.8. The number of hydrogen-bond donors (Lipinski definition) is 2. The van der Waals surface area contributed by atoms with Crippen molar-refractivity contribution in [1.82, 2.24) is 4.90 Å². The predicted molar refractivity (Wildman–Crippen MR) is 35.5 cm³/mol. The molecule has 1 aliphatic heterocycles. The van der Waals surface area contributed by atoms with Gasteiger partial charge in [0, 0.05) is 6.42 Å². The monoisotopic (exact) mass is 173 g/mol. The summed E-state index contributed by atoms with van der Waals surface area (Å²) in [5.41, 5.74) is 0. The third-order valence-electron chi connectivity index (χ3n) is 1.70. The molecule has 1 aliphatic rings. The van der Waals surface area contributed by atoms with Gasteiger partial charge in [-0.25, -0.2) is 14.5 Å². The molecule has 0 aromatic heterocycles. The first-order valence-electron chi connectivity index (χ1n) is 3.32. The first-order valence-corrected chi connectivity index (χ1v) is 3.32. The smallest absolute Gasteiger partial charge is 0.414 e. The number of carboxylic acids is 1. The lowest BCUT2D eigenvalue weighted by atomic mass is 10.2. The molecule has 2 N–H and O–H groups in total. The largest absolute Gasteiger partial charge is 0.480 e. The predicted octanol–water partition coefficient (Wildman–Crippen LogP) is -0.260. The van der Waals surface area contributed by atoms with Gasteiger partial charge in [0.25, 0.3) is 0 Å². The fourth-order valence-corrected chi connectivity index (χ4v) is 1.16. The lowest BCUT2D eigenvalue weighted by Crippen LogP contribution is -2.41. The number of carbonyl (C=O) groups is 3. The minimum absolute atomic E-state index is 0.0106. The second-order valence-electron chi connectivity index (χ2n) is 2.44. The normalized spacial score (nSPS) is 22.8. The van der Waals surface area contributed by atoms with Crippen LogP contribution in [0.4, 0.5) is 4.79 Å². The number of amides is 2. The van der Waals surface area contributed by atoms with Crippen LogP contribution < -0.4 is 0 Å². The molecule has 1 saturated heterocycles. The average Bonchev–Trinajstić information content (AvgIpc) is 2.30. The van der Waals surface area contributed by atoms with E-state index in [0.717, 1.165) is 0 Å². The van der Waals surface area contributed by atoms with Gasteiger partial charge in [0.05, 0.1) is 0 Å². The zero-order chi connectivity index (χ0) is 9.30. The molecular weight excluding hydrogens is 166 g/mol. The van der Waals surface area contributed by atoms with Crippen LogP contribution in [0, 0.1) is 0 Å². The topological polar surface area (TPSA) is 94.9 Å². The molecule has 1 atom stereocenters. The van der Waals surface area contributed by atoms with Gasteiger partial charge in [0.2, 0.25) is 5.91 Å². The first-order chi connectivity index (χ1) is 5.54. The van der Waals surface area contributed by atoms with Gasteiger partial charge in [-0.1, -0.05) is 0 Å². The highest BCUT2D eigenvalue weighted by Crippen LogP contribution is 2.18. The fraction of sp³-hybridized carbons (Fsp3) is 0.500. The Morgan fingerprint density at radius 1 is 1.42 bits per heavy atom. The number of hydrogen-bond acceptors (Lipinski definition) is 3. The number of rotatable bonds is 1. The van der Waals surface area contributed by atoms with Crippen molar-refractivity contribution in [1.29, 1.82) is 0 Å². The Morgan fingerprint density at radius 3 is 2.33 bits per heavy atom. The van der Waals surface area contributed by atoms with Gasteiger partial charge >= 0.3 is 12.1 Å². The Kier molecular flexibility index (Phi) is 1.99. The minimum Gasteiger partial charge on any atom is -0.480 e. The Morgan fingerprint density at radius 2 is 2.00 bits per heavy atom. The van der Waals surface area contributed by atoms with Crippen molar-refractivity contribution in [2.24, 2.45) is 0 Å². The summed E-state index contributed by atoms with van der Waals surface area (Å²) < 4.78 is 0. The van der Waals surface area contributed by atoms with Crippen molar-refractivity contribution in [3.63, 3.8) is 0 Å². The molecule has 0 saturated carbocycles. The Hall–Kier alpha value is -1.59. The molecule has 1 fully saturated rings. The molecule has 0 aromatic rings. The maximum atomic E-state index is 10.8. The standard InChI is InChI=1S/C6H7NO5/c8-4-2-1-3(5(9)10)7(4)6(11)12/h3H,1-2H2,(H,9,10)(H,11,12). The lowest BCUT2D eigenvalue weighted by molar-refractivity contribution is -0.144. The highest BCUT2D eigenvalue weighted by Gasteiger charge is 2.40. The molecule has 1 heterocycles. The molecular formula is C6H7NO5. The Balaban J connectivity index is 2.84. The van der Waals surface area contributed by atoms with Crippen LogP contribution in [0.2, 0.25) is 0 Å². The Labute approximate surface area is 67.4 Å². The molecule has 1 rings (SSSR count). The highest BCUT2D eigenvalue weighted by atomic mass is 16.4. The number of carbonyl (C=O) groups excluding carboxylic acids is 1. The number of likely N-dealkylation sites (tertiary alicyclic amines) is 1. The number of imide groups is 1. The fourth-order valence-electron chi connectivity index (χ4n) is 1.16. The van der Waals surface area contributed by atoms with E-state index in [9.17, 15) is 14.4 Å². The maximum Gasteiger partial charge on any atom is 0.414 e. The van der Waals surface area contributed by atoms with E-state index in [1.54, 1.807) is 0 Å². The van der Waals surface area contributed by atoms with E-state index in [-0.39, 0.29) is 12.8 Å². The summed E-state index contributed by atoms with van der Waals surface area (Å²) in [6.07, 6.45) is -1.44. The zero-order valence-electron chi connectivity index (χ0n) is 6.06. The second kappa shape index (κ2) is 2.80. The van der Waals surface area contributed by atoms with Crippen LogP contribution in [0.15, 0.2) is 0 Å². The van der Waals surface area contributed by atoms with Gasteiger partial charge in [-0.15, -0.1) is 0 Å². The molecule has 0 spiro atoms. The van der Waals surface area contributed by atoms with Crippen LogP contribution in [0.3, 0.4) is 0 Å². The molecule has 6 nitrogen and oxygen atoms in total. The SMILES string of the molecule is O=C(O)C1CCC(=O)N1C(=O)O. The number of carboxylic acid groups (broad SMARTS) is 2. The van der Waals surface area contributed by atoms with Crippen LogP contribution in [0.1, 0.15) is 12.8 Å². The molecule has 1 unspecified atom stereocenters. The summed E-state index contributed by atoms with van der Waals surface area (Å²) in [5.74, 6) is -1.92. The van der Waals surface area contributed by atoms with Gasteiger partial charge in [-0.2, -0.15) is 0 Å². The van der Waals surface area contributed by atoms with Gasteiger partial charge in [-0.3, -0.25) is 4.79 Å². The van der Waals surface area contributed by atoms with Crippen LogP contribution in [0.25, 0.3) is 0 Å². The Bertz CT molecular complexity index is 248. The molecule has 0 aliphatic carbocycles. The summed E-state index contributed by atoms with van der Waals surface area (Å²) in [6.45, 7) is 0. The van der Waals surface area contributed by atoms with Crippen molar-refractivity contribution in [3.05, 3.63) is 0 Å². The molecule has 0 aromatic carbocycles.